The van der Waals surface area contributed by atoms with Crippen molar-refractivity contribution < 1.29 is 17.6 Å². The summed E-state index contributed by atoms with van der Waals surface area (Å²) in [5.41, 5.74) is 0.573. The van der Waals surface area contributed by atoms with Crippen LogP contribution >= 0.6 is 0 Å². The molecule has 0 bridgehead atoms. The molecule has 0 radical (unpaired) electrons. The molecule has 1 unspecified atom stereocenters. The van der Waals surface area contributed by atoms with Crippen molar-refractivity contribution in [2.45, 2.75) is 17.7 Å². The third-order valence-corrected chi connectivity index (χ3v) is 6.90. The highest BCUT2D eigenvalue weighted by Crippen LogP contribution is 2.25. The molecule has 0 spiro atoms. The van der Waals surface area contributed by atoms with Gasteiger partial charge >= 0.3 is 5.63 Å². The van der Waals surface area contributed by atoms with Gasteiger partial charge in [-0.05, 0) is 49.2 Å². The number of nitrogens with one attached hydrogen (secondary N) is 1. The molecule has 1 aromatic heterocycles. The van der Waals surface area contributed by atoms with E-state index < -0.39 is 21.6 Å². The SMILES string of the molecule is O=C(Nc1ccc2oc(=O)ccc2c1)C1CCCN(S(=O)(=O)c2ccccc2)C1. The lowest BCUT2D eigenvalue weighted by Gasteiger charge is -2.31. The molecule has 1 aliphatic heterocycles. The molecule has 1 amide bonds. The second kappa shape index (κ2) is 7.81. The molecule has 2 aromatic carbocycles. The van der Waals surface area contributed by atoms with Gasteiger partial charge in [-0.3, -0.25) is 4.79 Å². The van der Waals surface area contributed by atoms with Crippen LogP contribution < -0.4 is 10.9 Å². The number of hydrogen-bond donors (Lipinski definition) is 1. The Morgan fingerprint density at radius 2 is 1.86 bits per heavy atom. The van der Waals surface area contributed by atoms with E-state index in [-0.39, 0.29) is 17.3 Å². The summed E-state index contributed by atoms with van der Waals surface area (Å²) in [6.07, 6.45) is 1.24. The summed E-state index contributed by atoms with van der Waals surface area (Å²) >= 11 is 0. The van der Waals surface area contributed by atoms with Gasteiger partial charge in [-0.25, -0.2) is 13.2 Å². The minimum Gasteiger partial charge on any atom is -0.423 e. The van der Waals surface area contributed by atoms with Crippen LogP contribution in [0.25, 0.3) is 11.0 Å². The van der Waals surface area contributed by atoms with Crippen molar-refractivity contribution in [1.29, 1.82) is 0 Å². The predicted octanol–water partition coefficient (Wildman–Crippen LogP) is 2.83. The van der Waals surface area contributed by atoms with Crippen LogP contribution in [0.5, 0.6) is 0 Å². The Morgan fingerprint density at radius 1 is 1.07 bits per heavy atom. The van der Waals surface area contributed by atoms with E-state index in [9.17, 15) is 18.0 Å². The van der Waals surface area contributed by atoms with Crippen LogP contribution in [0.3, 0.4) is 0 Å². The summed E-state index contributed by atoms with van der Waals surface area (Å²) in [7, 11) is -3.62. The van der Waals surface area contributed by atoms with Crippen LogP contribution in [0.2, 0.25) is 0 Å². The maximum atomic E-state index is 12.8. The third kappa shape index (κ3) is 4.08. The number of hydrogen-bond acceptors (Lipinski definition) is 5. The van der Waals surface area contributed by atoms with Crippen molar-refractivity contribution in [2.75, 3.05) is 18.4 Å². The number of carbonyl (C=O) groups excluding carboxylic acids is 1. The van der Waals surface area contributed by atoms with Crippen LogP contribution in [0.15, 0.2) is 74.8 Å². The summed E-state index contributed by atoms with van der Waals surface area (Å²) in [5.74, 6) is -0.665. The molecular weight excluding hydrogens is 392 g/mol. The van der Waals surface area contributed by atoms with Crippen LogP contribution in [-0.2, 0) is 14.8 Å². The molecule has 0 aliphatic carbocycles. The fraction of sp³-hybridized carbons (Fsp3) is 0.238. The molecule has 1 N–H and O–H groups in total. The molecule has 2 heterocycles. The molecule has 29 heavy (non-hydrogen) atoms. The molecule has 8 heteroatoms. The number of carbonyl (C=O) groups is 1. The molecule has 4 rings (SSSR count). The average Bonchev–Trinajstić information content (AvgIpc) is 2.74. The molecule has 1 saturated heterocycles. The van der Waals surface area contributed by atoms with Gasteiger partial charge in [0.15, 0.2) is 0 Å². The van der Waals surface area contributed by atoms with E-state index >= 15 is 0 Å². The van der Waals surface area contributed by atoms with Crippen LogP contribution in [0, 0.1) is 5.92 Å². The van der Waals surface area contributed by atoms with Gasteiger partial charge in [-0.15, -0.1) is 0 Å². The quantitative estimate of drug-likeness (QED) is 0.665. The zero-order valence-corrected chi connectivity index (χ0v) is 16.4. The number of piperidine rings is 1. The monoisotopic (exact) mass is 412 g/mol. The van der Waals surface area contributed by atoms with E-state index in [4.69, 9.17) is 4.42 Å². The van der Waals surface area contributed by atoms with E-state index in [0.29, 0.717) is 36.0 Å². The summed E-state index contributed by atoms with van der Waals surface area (Å²) in [6, 6.07) is 16.2. The molecule has 1 atom stereocenters. The standard InChI is InChI=1S/C21H20N2O5S/c24-20-11-8-15-13-17(9-10-19(15)28-20)22-21(25)16-5-4-12-23(14-16)29(26,27)18-6-2-1-3-7-18/h1-3,6-11,13,16H,4-5,12,14H2,(H,22,25). The smallest absolute Gasteiger partial charge is 0.336 e. The van der Waals surface area contributed by atoms with Crippen molar-refractivity contribution in [1.82, 2.24) is 4.31 Å². The first kappa shape index (κ1) is 19.4. The molecule has 0 saturated carbocycles. The Bertz CT molecular complexity index is 1200. The Labute approximate surface area is 168 Å². The molecule has 150 valence electrons. The lowest BCUT2D eigenvalue weighted by molar-refractivity contribution is -0.120. The number of anilines is 1. The Hall–Kier alpha value is -2.97. The molecule has 3 aromatic rings. The third-order valence-electron chi connectivity index (χ3n) is 5.02. The van der Waals surface area contributed by atoms with Gasteiger partial charge in [0.05, 0.1) is 10.8 Å². The molecule has 1 aliphatic rings. The van der Waals surface area contributed by atoms with Crippen LogP contribution in [0.1, 0.15) is 12.8 Å². The van der Waals surface area contributed by atoms with Crippen LogP contribution in [0.4, 0.5) is 5.69 Å². The highest BCUT2D eigenvalue weighted by molar-refractivity contribution is 7.89. The van der Waals surface area contributed by atoms with E-state index in [2.05, 4.69) is 5.32 Å². The fourth-order valence-electron chi connectivity index (χ4n) is 3.51. The van der Waals surface area contributed by atoms with Crippen molar-refractivity contribution >= 4 is 32.6 Å². The Morgan fingerprint density at radius 3 is 2.66 bits per heavy atom. The highest BCUT2D eigenvalue weighted by atomic mass is 32.2. The first-order valence-electron chi connectivity index (χ1n) is 9.33. The van der Waals surface area contributed by atoms with E-state index in [1.165, 1.54) is 10.4 Å². The number of rotatable bonds is 4. The molecule has 1 fully saturated rings. The fourth-order valence-corrected chi connectivity index (χ4v) is 5.06. The normalized spacial score (nSPS) is 17.9. The number of amides is 1. The van der Waals surface area contributed by atoms with Gasteiger partial charge in [-0.2, -0.15) is 4.31 Å². The first-order chi connectivity index (χ1) is 13.9. The number of nitrogens with zero attached hydrogens (tertiary/aromatic N) is 1. The lowest BCUT2D eigenvalue weighted by atomic mass is 9.98. The Balaban J connectivity index is 1.49. The predicted molar refractivity (Wildman–Crippen MR) is 109 cm³/mol. The molecule has 7 nitrogen and oxygen atoms in total. The maximum Gasteiger partial charge on any atom is 0.336 e. The lowest BCUT2D eigenvalue weighted by Crippen LogP contribution is -2.43. The van der Waals surface area contributed by atoms with Gasteiger partial charge in [0.1, 0.15) is 5.58 Å². The largest absolute Gasteiger partial charge is 0.423 e. The van der Waals surface area contributed by atoms with Crippen molar-refractivity contribution in [3.05, 3.63) is 71.1 Å². The molecular formula is C21H20N2O5S. The van der Waals surface area contributed by atoms with Crippen molar-refractivity contribution in [3.8, 4) is 0 Å². The van der Waals surface area contributed by atoms with E-state index in [1.54, 1.807) is 54.6 Å². The zero-order chi connectivity index (χ0) is 20.4. The summed E-state index contributed by atoms with van der Waals surface area (Å²) in [4.78, 5) is 24.3. The summed E-state index contributed by atoms with van der Waals surface area (Å²) < 4.78 is 32.2. The van der Waals surface area contributed by atoms with Crippen LogP contribution in [-0.4, -0.2) is 31.7 Å². The zero-order valence-electron chi connectivity index (χ0n) is 15.6. The average molecular weight is 412 g/mol. The minimum atomic E-state index is -3.62. The number of sulfonamides is 1. The van der Waals surface area contributed by atoms with Gasteiger partial charge in [0, 0.05) is 30.2 Å². The van der Waals surface area contributed by atoms with Gasteiger partial charge in [0.25, 0.3) is 0 Å². The van der Waals surface area contributed by atoms with Crippen molar-refractivity contribution in [2.24, 2.45) is 5.92 Å². The van der Waals surface area contributed by atoms with Gasteiger partial charge in [0.2, 0.25) is 15.9 Å². The van der Waals surface area contributed by atoms with Gasteiger partial charge in [-0.1, -0.05) is 18.2 Å². The highest BCUT2D eigenvalue weighted by Gasteiger charge is 2.33. The van der Waals surface area contributed by atoms with Crippen molar-refractivity contribution in [3.63, 3.8) is 0 Å². The maximum absolute atomic E-state index is 12.8. The number of benzene rings is 2. The second-order valence-corrected chi connectivity index (χ2v) is 8.95. The number of fused-ring (bicyclic) bond motifs is 1. The summed E-state index contributed by atoms with van der Waals surface area (Å²) in [6.45, 7) is 0.543. The summed E-state index contributed by atoms with van der Waals surface area (Å²) in [5, 5.41) is 3.54. The Kier molecular flexibility index (Phi) is 5.21. The van der Waals surface area contributed by atoms with Gasteiger partial charge < -0.3 is 9.73 Å². The van der Waals surface area contributed by atoms with E-state index in [0.717, 1.165) is 0 Å². The van der Waals surface area contributed by atoms with E-state index in [1.807, 2.05) is 0 Å². The second-order valence-electron chi connectivity index (χ2n) is 7.01. The minimum absolute atomic E-state index is 0.144. The first-order valence-corrected chi connectivity index (χ1v) is 10.8. The topological polar surface area (TPSA) is 96.7 Å².